The van der Waals surface area contributed by atoms with Gasteiger partial charge in [-0.25, -0.2) is 8.42 Å². The lowest BCUT2D eigenvalue weighted by atomic mass is 10.0. The van der Waals surface area contributed by atoms with Gasteiger partial charge in [-0.15, -0.1) is 0 Å². The number of carbonyl (C=O) groups is 1. The van der Waals surface area contributed by atoms with Crippen molar-refractivity contribution in [3.05, 3.63) is 82.9 Å². The summed E-state index contributed by atoms with van der Waals surface area (Å²) >= 11 is 6.26. The first-order valence-electron chi connectivity index (χ1n) is 9.17. The Kier molecular flexibility index (Phi) is 5.13. The summed E-state index contributed by atoms with van der Waals surface area (Å²) in [5.41, 5.74) is 1.39. The fraction of sp³-hybridized carbons (Fsp3) is 0.227. The van der Waals surface area contributed by atoms with Gasteiger partial charge >= 0.3 is 0 Å². The first-order valence-corrected chi connectivity index (χ1v) is 11.4. The van der Waals surface area contributed by atoms with E-state index in [0.29, 0.717) is 23.6 Å². The third-order valence-corrected chi connectivity index (χ3v) is 7.31. The summed E-state index contributed by atoms with van der Waals surface area (Å²) in [4.78, 5) is 15.0. The molecule has 0 N–H and O–H groups in total. The molecule has 1 heterocycles. The largest absolute Gasteiger partial charge is 0.330 e. The summed E-state index contributed by atoms with van der Waals surface area (Å²) in [6.45, 7) is 0.339. The van der Waals surface area contributed by atoms with Gasteiger partial charge in [0.1, 0.15) is 0 Å². The van der Waals surface area contributed by atoms with Crippen LogP contribution in [0.5, 0.6) is 0 Å². The molecule has 1 atom stereocenters. The Morgan fingerprint density at radius 3 is 2.46 bits per heavy atom. The number of rotatable bonds is 4. The zero-order valence-electron chi connectivity index (χ0n) is 15.2. The third-order valence-electron chi connectivity index (χ3n) is 5.23. The van der Waals surface area contributed by atoms with Crippen molar-refractivity contribution in [1.29, 1.82) is 0 Å². The third kappa shape index (κ3) is 3.77. The van der Waals surface area contributed by atoms with Crippen LogP contribution in [0.15, 0.2) is 66.7 Å². The molecule has 1 amide bonds. The highest BCUT2D eigenvalue weighted by atomic mass is 35.5. The summed E-state index contributed by atoms with van der Waals surface area (Å²) in [6, 6.07) is 20.5. The van der Waals surface area contributed by atoms with Crippen molar-refractivity contribution >= 4 is 38.1 Å². The lowest BCUT2D eigenvalue weighted by Gasteiger charge is -2.29. The zero-order valence-corrected chi connectivity index (χ0v) is 16.8. The molecule has 0 aromatic heterocycles. The van der Waals surface area contributed by atoms with E-state index in [1.54, 1.807) is 29.2 Å². The van der Waals surface area contributed by atoms with Crippen molar-refractivity contribution in [2.24, 2.45) is 0 Å². The highest BCUT2D eigenvalue weighted by Gasteiger charge is 2.35. The number of amides is 1. The lowest BCUT2D eigenvalue weighted by Crippen LogP contribution is -2.40. The average molecular weight is 414 g/mol. The van der Waals surface area contributed by atoms with Gasteiger partial charge in [0.25, 0.3) is 5.91 Å². The molecule has 0 bridgehead atoms. The van der Waals surface area contributed by atoms with Gasteiger partial charge in [-0.2, -0.15) is 0 Å². The van der Waals surface area contributed by atoms with Crippen LogP contribution in [0, 0.1) is 0 Å². The van der Waals surface area contributed by atoms with Crippen LogP contribution >= 0.6 is 11.6 Å². The van der Waals surface area contributed by atoms with E-state index in [4.69, 9.17) is 11.6 Å². The van der Waals surface area contributed by atoms with E-state index in [2.05, 4.69) is 0 Å². The van der Waals surface area contributed by atoms with Gasteiger partial charge in [-0.3, -0.25) is 4.79 Å². The molecule has 0 radical (unpaired) electrons. The molecule has 4 rings (SSSR count). The van der Waals surface area contributed by atoms with Crippen LogP contribution < -0.4 is 0 Å². The van der Waals surface area contributed by atoms with Gasteiger partial charge in [-0.05, 0) is 34.9 Å². The van der Waals surface area contributed by atoms with Crippen molar-refractivity contribution < 1.29 is 13.2 Å². The van der Waals surface area contributed by atoms with Gasteiger partial charge in [0, 0.05) is 12.6 Å². The van der Waals surface area contributed by atoms with Crippen LogP contribution in [-0.2, 0) is 16.4 Å². The zero-order chi connectivity index (χ0) is 19.7. The minimum Gasteiger partial charge on any atom is -0.330 e. The maximum absolute atomic E-state index is 13.4. The molecule has 0 unspecified atom stereocenters. The van der Waals surface area contributed by atoms with Gasteiger partial charge in [-0.1, -0.05) is 66.2 Å². The second-order valence-corrected chi connectivity index (χ2v) is 9.74. The number of halogens is 1. The maximum atomic E-state index is 13.4. The summed E-state index contributed by atoms with van der Waals surface area (Å²) in [5.74, 6) is -0.131. The molecular formula is C22H20ClNO3S. The molecule has 1 saturated heterocycles. The Bertz CT molecular complexity index is 1140. The number of sulfone groups is 1. The van der Waals surface area contributed by atoms with Crippen molar-refractivity contribution in [3.63, 3.8) is 0 Å². The Hall–Kier alpha value is -2.37. The van der Waals surface area contributed by atoms with Crippen molar-refractivity contribution in [2.75, 3.05) is 11.5 Å². The van der Waals surface area contributed by atoms with Crippen molar-refractivity contribution in [3.8, 4) is 0 Å². The van der Waals surface area contributed by atoms with Gasteiger partial charge < -0.3 is 4.90 Å². The smallest absolute Gasteiger partial charge is 0.255 e. The van der Waals surface area contributed by atoms with Gasteiger partial charge in [0.2, 0.25) is 0 Å². The molecule has 3 aromatic rings. The predicted octanol–water partition coefficient (Wildman–Crippen LogP) is 4.32. The number of benzene rings is 3. The Morgan fingerprint density at radius 2 is 1.71 bits per heavy atom. The van der Waals surface area contributed by atoms with Gasteiger partial charge in [0.05, 0.1) is 22.1 Å². The summed E-state index contributed by atoms with van der Waals surface area (Å²) in [5, 5.41) is 2.52. The summed E-state index contributed by atoms with van der Waals surface area (Å²) in [6.07, 6.45) is 0.448. The maximum Gasteiger partial charge on any atom is 0.255 e. The van der Waals surface area contributed by atoms with E-state index in [1.165, 1.54) is 0 Å². The molecule has 3 aromatic carbocycles. The average Bonchev–Trinajstić information content (AvgIpc) is 3.05. The minimum atomic E-state index is -3.13. The number of nitrogens with zero attached hydrogens (tertiary/aromatic N) is 1. The van der Waals surface area contributed by atoms with Crippen molar-refractivity contribution in [2.45, 2.75) is 19.0 Å². The standard InChI is InChI=1S/C22H20ClNO3S/c23-21-11-4-3-10-20(21)22(25)24(18-12-13-28(26,27)15-18)14-17-8-5-7-16-6-1-2-9-19(16)17/h1-11,18H,12-15H2/t18-/m0/s1. The Balaban J connectivity index is 1.75. The molecule has 6 heteroatoms. The monoisotopic (exact) mass is 413 g/mol. The molecule has 0 spiro atoms. The van der Waals surface area contributed by atoms with E-state index in [1.807, 2.05) is 42.5 Å². The van der Waals surface area contributed by atoms with E-state index in [-0.39, 0.29) is 23.5 Å². The number of carbonyl (C=O) groups excluding carboxylic acids is 1. The van der Waals surface area contributed by atoms with Crippen LogP contribution in [0.25, 0.3) is 10.8 Å². The normalized spacial score (nSPS) is 18.2. The molecule has 0 saturated carbocycles. The topological polar surface area (TPSA) is 54.5 Å². The fourth-order valence-electron chi connectivity index (χ4n) is 3.79. The molecule has 0 aliphatic carbocycles. The quantitative estimate of drug-likeness (QED) is 0.640. The molecule has 1 aliphatic heterocycles. The van der Waals surface area contributed by atoms with E-state index in [0.717, 1.165) is 16.3 Å². The summed E-state index contributed by atoms with van der Waals surface area (Å²) in [7, 11) is -3.13. The number of hydrogen-bond acceptors (Lipinski definition) is 3. The van der Waals surface area contributed by atoms with Crippen molar-refractivity contribution in [1.82, 2.24) is 4.90 Å². The summed E-state index contributed by atoms with van der Waals surface area (Å²) < 4.78 is 24.1. The molecule has 1 fully saturated rings. The molecule has 1 aliphatic rings. The van der Waals surface area contributed by atoms with Crippen LogP contribution in [-0.4, -0.2) is 36.8 Å². The fourth-order valence-corrected chi connectivity index (χ4v) is 5.74. The number of fused-ring (bicyclic) bond motifs is 1. The first-order chi connectivity index (χ1) is 13.4. The molecule has 28 heavy (non-hydrogen) atoms. The molecule has 4 nitrogen and oxygen atoms in total. The Labute approximate surface area is 169 Å². The van der Waals surface area contributed by atoms with Crippen LogP contribution in [0.4, 0.5) is 0 Å². The van der Waals surface area contributed by atoms with Crippen LogP contribution in [0.2, 0.25) is 5.02 Å². The van der Waals surface area contributed by atoms with Gasteiger partial charge in [0.15, 0.2) is 9.84 Å². The van der Waals surface area contributed by atoms with E-state index in [9.17, 15) is 13.2 Å². The highest BCUT2D eigenvalue weighted by Crippen LogP contribution is 2.27. The van der Waals surface area contributed by atoms with Crippen LogP contribution in [0.3, 0.4) is 0 Å². The number of hydrogen-bond donors (Lipinski definition) is 0. The van der Waals surface area contributed by atoms with E-state index < -0.39 is 9.84 Å². The Morgan fingerprint density at radius 1 is 1.00 bits per heavy atom. The predicted molar refractivity (Wildman–Crippen MR) is 112 cm³/mol. The minimum absolute atomic E-state index is 0.00599. The molecule has 144 valence electrons. The van der Waals surface area contributed by atoms with E-state index >= 15 is 0 Å². The molecular weight excluding hydrogens is 394 g/mol. The second kappa shape index (κ2) is 7.57. The van der Waals surface area contributed by atoms with Crippen LogP contribution in [0.1, 0.15) is 22.3 Å². The second-order valence-electron chi connectivity index (χ2n) is 7.11. The highest BCUT2D eigenvalue weighted by molar-refractivity contribution is 7.91. The lowest BCUT2D eigenvalue weighted by molar-refractivity contribution is 0.0682. The first kappa shape index (κ1) is 19.0. The SMILES string of the molecule is O=C(c1ccccc1Cl)N(Cc1cccc2ccccc12)[C@H]1CCS(=O)(=O)C1.